The minimum Gasteiger partial charge on any atom is -0.333 e. The number of aryl methyl sites for hydroxylation is 1. The second-order valence-corrected chi connectivity index (χ2v) is 4.78. The van der Waals surface area contributed by atoms with E-state index in [2.05, 4.69) is 20.0 Å². The van der Waals surface area contributed by atoms with Gasteiger partial charge in [0, 0.05) is 11.3 Å². The molecule has 1 aromatic heterocycles. The van der Waals surface area contributed by atoms with Crippen LogP contribution in [0.4, 0.5) is 0 Å². The molecule has 0 fully saturated rings. The summed E-state index contributed by atoms with van der Waals surface area (Å²) in [5.74, 6) is 0. The van der Waals surface area contributed by atoms with Crippen LogP contribution in [0, 0.1) is 6.92 Å². The first-order valence-corrected chi connectivity index (χ1v) is 4.97. The van der Waals surface area contributed by atoms with Crippen LogP contribution >= 0.6 is 11.3 Å². The number of quaternary nitrogens is 1. The Balaban J connectivity index is 2.34. The molecular weight excluding hydrogens is 154 g/mol. The SMILES string of the molecule is Cc1cc2c(s1)C[NH+](C)CC2. The van der Waals surface area contributed by atoms with Gasteiger partial charge in [-0.1, -0.05) is 0 Å². The van der Waals surface area contributed by atoms with Crippen LogP contribution in [0.3, 0.4) is 0 Å². The van der Waals surface area contributed by atoms with Gasteiger partial charge in [0.1, 0.15) is 6.54 Å². The first kappa shape index (κ1) is 7.32. The summed E-state index contributed by atoms with van der Waals surface area (Å²) in [7, 11) is 2.28. The molecule has 2 heterocycles. The lowest BCUT2D eigenvalue weighted by atomic mass is 10.1. The zero-order valence-electron chi connectivity index (χ0n) is 7.11. The van der Waals surface area contributed by atoms with Crippen molar-refractivity contribution in [1.82, 2.24) is 0 Å². The summed E-state index contributed by atoms with van der Waals surface area (Å²) in [6, 6.07) is 2.35. The van der Waals surface area contributed by atoms with E-state index < -0.39 is 0 Å². The van der Waals surface area contributed by atoms with Gasteiger partial charge in [-0.15, -0.1) is 11.3 Å². The molecule has 1 aliphatic rings. The summed E-state index contributed by atoms with van der Waals surface area (Å²) in [6.45, 7) is 4.76. The van der Waals surface area contributed by atoms with Crippen LogP contribution < -0.4 is 4.90 Å². The molecule has 1 aromatic rings. The molecule has 1 N–H and O–H groups in total. The molecule has 0 radical (unpaired) electrons. The maximum atomic E-state index is 2.35. The highest BCUT2D eigenvalue weighted by Gasteiger charge is 2.17. The quantitative estimate of drug-likeness (QED) is 0.579. The second kappa shape index (κ2) is 2.61. The summed E-state index contributed by atoms with van der Waals surface area (Å²) < 4.78 is 0. The van der Waals surface area contributed by atoms with E-state index in [0.29, 0.717) is 0 Å². The average molecular weight is 168 g/mol. The topological polar surface area (TPSA) is 4.44 Å². The van der Waals surface area contributed by atoms with Gasteiger partial charge in [0.25, 0.3) is 0 Å². The third kappa shape index (κ3) is 1.33. The normalized spacial score (nSPS) is 23.3. The third-order valence-corrected chi connectivity index (χ3v) is 3.40. The van der Waals surface area contributed by atoms with Gasteiger partial charge in [0.15, 0.2) is 0 Å². The molecule has 0 saturated carbocycles. The lowest BCUT2D eigenvalue weighted by Crippen LogP contribution is -3.08. The molecule has 0 aromatic carbocycles. The Bertz CT molecular complexity index is 265. The molecular formula is C9H14NS+. The van der Waals surface area contributed by atoms with E-state index in [1.807, 2.05) is 11.3 Å². The van der Waals surface area contributed by atoms with Crippen LogP contribution in [0.1, 0.15) is 15.3 Å². The Labute approximate surface area is 71.7 Å². The molecule has 0 aliphatic carbocycles. The monoisotopic (exact) mass is 168 g/mol. The largest absolute Gasteiger partial charge is 0.333 e. The van der Waals surface area contributed by atoms with Crippen LogP contribution in [-0.2, 0) is 13.0 Å². The Morgan fingerprint density at radius 1 is 1.55 bits per heavy atom. The van der Waals surface area contributed by atoms with Gasteiger partial charge in [-0.05, 0) is 18.6 Å². The van der Waals surface area contributed by atoms with Crippen molar-refractivity contribution < 1.29 is 4.90 Å². The van der Waals surface area contributed by atoms with Crippen molar-refractivity contribution in [2.45, 2.75) is 19.9 Å². The van der Waals surface area contributed by atoms with E-state index >= 15 is 0 Å². The number of hydrogen-bond acceptors (Lipinski definition) is 1. The first-order valence-electron chi connectivity index (χ1n) is 4.15. The maximum absolute atomic E-state index is 2.35. The predicted molar refractivity (Wildman–Crippen MR) is 48.2 cm³/mol. The fourth-order valence-electron chi connectivity index (χ4n) is 1.69. The maximum Gasteiger partial charge on any atom is 0.112 e. The van der Waals surface area contributed by atoms with Gasteiger partial charge in [0.2, 0.25) is 0 Å². The van der Waals surface area contributed by atoms with E-state index in [1.165, 1.54) is 24.4 Å². The fourth-order valence-corrected chi connectivity index (χ4v) is 2.89. The summed E-state index contributed by atoms with van der Waals surface area (Å²) in [6.07, 6.45) is 1.28. The molecule has 60 valence electrons. The van der Waals surface area contributed by atoms with Gasteiger partial charge >= 0.3 is 0 Å². The van der Waals surface area contributed by atoms with Gasteiger partial charge < -0.3 is 4.90 Å². The predicted octanol–water partition coefficient (Wildman–Crippen LogP) is 0.627. The molecule has 1 unspecified atom stereocenters. The van der Waals surface area contributed by atoms with Crippen molar-refractivity contribution in [3.63, 3.8) is 0 Å². The third-order valence-electron chi connectivity index (χ3n) is 2.30. The molecule has 1 atom stereocenters. The van der Waals surface area contributed by atoms with Gasteiger partial charge in [0.05, 0.1) is 18.5 Å². The number of thiophene rings is 1. The molecule has 1 nitrogen and oxygen atoms in total. The molecule has 2 rings (SSSR count). The van der Waals surface area contributed by atoms with Crippen LogP contribution in [-0.4, -0.2) is 13.6 Å². The fraction of sp³-hybridized carbons (Fsp3) is 0.556. The molecule has 0 spiro atoms. The number of fused-ring (bicyclic) bond motifs is 1. The molecule has 11 heavy (non-hydrogen) atoms. The average Bonchev–Trinajstić information content (AvgIpc) is 2.27. The number of hydrogen-bond donors (Lipinski definition) is 1. The van der Waals surface area contributed by atoms with E-state index in [9.17, 15) is 0 Å². The zero-order chi connectivity index (χ0) is 7.84. The van der Waals surface area contributed by atoms with Crippen LogP contribution in [0.25, 0.3) is 0 Å². The lowest BCUT2D eigenvalue weighted by molar-refractivity contribution is -0.895. The van der Waals surface area contributed by atoms with Crippen molar-refractivity contribution in [2.24, 2.45) is 0 Å². The zero-order valence-corrected chi connectivity index (χ0v) is 7.92. The van der Waals surface area contributed by atoms with E-state index in [-0.39, 0.29) is 0 Å². The van der Waals surface area contributed by atoms with E-state index in [4.69, 9.17) is 0 Å². The van der Waals surface area contributed by atoms with Crippen molar-refractivity contribution in [2.75, 3.05) is 13.6 Å². The van der Waals surface area contributed by atoms with E-state index in [1.54, 1.807) is 15.3 Å². The smallest absolute Gasteiger partial charge is 0.112 e. The Morgan fingerprint density at radius 2 is 2.36 bits per heavy atom. The number of likely N-dealkylation sites (N-methyl/N-ethyl adjacent to an activating group) is 1. The number of rotatable bonds is 0. The summed E-state index contributed by atoms with van der Waals surface area (Å²) in [5.41, 5.74) is 1.61. The second-order valence-electron chi connectivity index (χ2n) is 3.44. The minimum absolute atomic E-state index is 1.24. The van der Waals surface area contributed by atoms with Gasteiger partial charge in [-0.2, -0.15) is 0 Å². The molecule has 0 bridgehead atoms. The Morgan fingerprint density at radius 3 is 3.18 bits per heavy atom. The summed E-state index contributed by atoms with van der Waals surface area (Å²) in [4.78, 5) is 4.75. The van der Waals surface area contributed by atoms with Crippen molar-refractivity contribution in [3.8, 4) is 0 Å². The van der Waals surface area contributed by atoms with Gasteiger partial charge in [-0.3, -0.25) is 0 Å². The van der Waals surface area contributed by atoms with Crippen molar-refractivity contribution in [1.29, 1.82) is 0 Å². The van der Waals surface area contributed by atoms with Crippen LogP contribution in [0.2, 0.25) is 0 Å². The van der Waals surface area contributed by atoms with E-state index in [0.717, 1.165) is 0 Å². The molecule has 0 saturated heterocycles. The Kier molecular flexibility index (Phi) is 1.74. The summed E-state index contributed by atoms with van der Waals surface area (Å²) >= 11 is 1.97. The van der Waals surface area contributed by atoms with Crippen molar-refractivity contribution in [3.05, 3.63) is 21.4 Å². The highest BCUT2D eigenvalue weighted by molar-refractivity contribution is 7.12. The van der Waals surface area contributed by atoms with Gasteiger partial charge in [-0.25, -0.2) is 0 Å². The molecule has 0 amide bonds. The summed E-state index contributed by atoms with van der Waals surface area (Å²) in [5, 5.41) is 0. The molecule has 1 aliphatic heterocycles. The Hall–Kier alpha value is -0.340. The highest BCUT2D eigenvalue weighted by atomic mass is 32.1. The standard InChI is InChI=1S/C9H13NS/c1-7-5-8-3-4-10(2)6-9(8)11-7/h5H,3-4,6H2,1-2H3/p+1. The highest BCUT2D eigenvalue weighted by Crippen LogP contribution is 2.22. The molecule has 2 heteroatoms. The number of nitrogens with one attached hydrogen (secondary N) is 1. The van der Waals surface area contributed by atoms with Crippen molar-refractivity contribution >= 4 is 11.3 Å². The minimum atomic E-state index is 1.24. The van der Waals surface area contributed by atoms with Crippen LogP contribution in [0.15, 0.2) is 6.07 Å². The van der Waals surface area contributed by atoms with Crippen LogP contribution in [0.5, 0.6) is 0 Å². The lowest BCUT2D eigenvalue weighted by Gasteiger charge is -2.18. The first-order chi connectivity index (χ1) is 5.25.